The minimum atomic E-state index is 0.146. The molecule has 0 saturated carbocycles. The van der Waals surface area contributed by atoms with Gasteiger partial charge in [0.05, 0.1) is 0 Å². The van der Waals surface area contributed by atoms with Gasteiger partial charge in [0.1, 0.15) is 0 Å². The van der Waals surface area contributed by atoms with E-state index in [2.05, 4.69) is 37.4 Å². The van der Waals surface area contributed by atoms with E-state index in [9.17, 15) is 4.79 Å². The summed E-state index contributed by atoms with van der Waals surface area (Å²) in [7, 11) is 0. The number of carbonyl (C=O) groups excluding carboxylic acids is 1. The second-order valence-electron chi connectivity index (χ2n) is 5.16. The first kappa shape index (κ1) is 15.7. The molecule has 19 heavy (non-hydrogen) atoms. The third-order valence-corrected chi connectivity index (χ3v) is 3.33. The molecule has 0 aliphatic heterocycles. The summed E-state index contributed by atoms with van der Waals surface area (Å²) in [4.78, 5) is 11.7. The molecule has 0 unspecified atom stereocenters. The Morgan fingerprint density at radius 3 is 2.58 bits per heavy atom. The summed E-state index contributed by atoms with van der Waals surface area (Å²) >= 11 is 0. The molecular formula is C16H26N2O. The topological polar surface area (TPSA) is 55.1 Å². The van der Waals surface area contributed by atoms with E-state index >= 15 is 0 Å². The highest BCUT2D eigenvalue weighted by molar-refractivity contribution is 5.75. The van der Waals surface area contributed by atoms with Gasteiger partial charge in [-0.25, -0.2) is 0 Å². The molecule has 0 fully saturated rings. The van der Waals surface area contributed by atoms with E-state index in [1.807, 2.05) is 0 Å². The monoisotopic (exact) mass is 262 g/mol. The molecule has 0 bridgehead atoms. The molecule has 3 heteroatoms. The first-order valence-electron chi connectivity index (χ1n) is 7.16. The standard InChI is InChI=1S/C16H26N2O/c1-13-8-9-15(14(2)11-13)12-18-16(19)7-5-3-4-6-10-17/h8-9,11H,3-7,10,12,17H2,1-2H3,(H,18,19). The van der Waals surface area contributed by atoms with Crippen LogP contribution in [-0.2, 0) is 11.3 Å². The molecule has 0 spiro atoms. The van der Waals surface area contributed by atoms with Crippen molar-refractivity contribution in [3.05, 3.63) is 34.9 Å². The SMILES string of the molecule is Cc1ccc(CNC(=O)CCCCCCN)c(C)c1. The van der Waals surface area contributed by atoms with Crippen LogP contribution in [0.2, 0.25) is 0 Å². The Kier molecular flexibility index (Phi) is 7.19. The summed E-state index contributed by atoms with van der Waals surface area (Å²) < 4.78 is 0. The third kappa shape index (κ3) is 6.39. The van der Waals surface area contributed by atoms with Gasteiger partial charge in [0, 0.05) is 13.0 Å². The molecule has 0 aliphatic rings. The highest BCUT2D eigenvalue weighted by Gasteiger charge is 2.03. The number of hydrogen-bond donors (Lipinski definition) is 2. The summed E-state index contributed by atoms with van der Waals surface area (Å²) in [6.45, 7) is 5.55. The first-order valence-corrected chi connectivity index (χ1v) is 7.16. The summed E-state index contributed by atoms with van der Waals surface area (Å²) in [5.74, 6) is 0.146. The molecule has 3 nitrogen and oxygen atoms in total. The van der Waals surface area contributed by atoms with Gasteiger partial charge in [-0.3, -0.25) is 4.79 Å². The van der Waals surface area contributed by atoms with Gasteiger partial charge in [-0.2, -0.15) is 0 Å². The Labute approximate surface area is 116 Å². The van der Waals surface area contributed by atoms with E-state index < -0.39 is 0 Å². The fraction of sp³-hybridized carbons (Fsp3) is 0.562. The molecule has 1 rings (SSSR count). The van der Waals surface area contributed by atoms with Crippen LogP contribution in [0, 0.1) is 13.8 Å². The van der Waals surface area contributed by atoms with Crippen LogP contribution in [0.15, 0.2) is 18.2 Å². The van der Waals surface area contributed by atoms with Crippen LogP contribution in [0.5, 0.6) is 0 Å². The van der Waals surface area contributed by atoms with Crippen molar-refractivity contribution in [2.75, 3.05) is 6.54 Å². The second kappa shape index (κ2) is 8.70. The minimum Gasteiger partial charge on any atom is -0.352 e. The van der Waals surface area contributed by atoms with Crippen LogP contribution in [0.25, 0.3) is 0 Å². The largest absolute Gasteiger partial charge is 0.352 e. The van der Waals surface area contributed by atoms with E-state index in [1.54, 1.807) is 0 Å². The number of amides is 1. The molecule has 0 aromatic heterocycles. The molecule has 106 valence electrons. The molecule has 1 amide bonds. The number of nitrogens with two attached hydrogens (primary N) is 1. The lowest BCUT2D eigenvalue weighted by Crippen LogP contribution is -2.22. The van der Waals surface area contributed by atoms with Crippen LogP contribution in [-0.4, -0.2) is 12.5 Å². The molecule has 3 N–H and O–H groups in total. The number of unbranched alkanes of at least 4 members (excludes halogenated alkanes) is 3. The molecule has 0 heterocycles. The zero-order valence-electron chi connectivity index (χ0n) is 12.2. The van der Waals surface area contributed by atoms with Gasteiger partial charge >= 0.3 is 0 Å². The van der Waals surface area contributed by atoms with Crippen LogP contribution < -0.4 is 11.1 Å². The van der Waals surface area contributed by atoms with Crippen LogP contribution >= 0.6 is 0 Å². The number of nitrogens with one attached hydrogen (secondary N) is 1. The fourth-order valence-electron chi connectivity index (χ4n) is 2.11. The average molecular weight is 262 g/mol. The van der Waals surface area contributed by atoms with Gasteiger partial charge in [-0.05, 0) is 44.4 Å². The average Bonchev–Trinajstić information content (AvgIpc) is 2.37. The number of rotatable bonds is 8. The molecule has 1 aromatic rings. The number of aryl methyl sites for hydroxylation is 2. The Morgan fingerprint density at radius 1 is 1.16 bits per heavy atom. The predicted molar refractivity (Wildman–Crippen MR) is 79.9 cm³/mol. The van der Waals surface area contributed by atoms with Crippen molar-refractivity contribution in [1.82, 2.24) is 5.32 Å². The maximum absolute atomic E-state index is 11.7. The Hall–Kier alpha value is -1.35. The molecule has 0 radical (unpaired) electrons. The quantitative estimate of drug-likeness (QED) is 0.708. The van der Waals surface area contributed by atoms with E-state index in [4.69, 9.17) is 5.73 Å². The fourth-order valence-corrected chi connectivity index (χ4v) is 2.11. The summed E-state index contributed by atoms with van der Waals surface area (Å²) in [6.07, 6.45) is 4.85. The lowest BCUT2D eigenvalue weighted by atomic mass is 10.1. The first-order chi connectivity index (χ1) is 9.13. The van der Waals surface area contributed by atoms with Gasteiger partial charge < -0.3 is 11.1 Å². The maximum atomic E-state index is 11.7. The normalized spacial score (nSPS) is 10.5. The highest BCUT2D eigenvalue weighted by Crippen LogP contribution is 2.10. The van der Waals surface area contributed by atoms with Crippen molar-refractivity contribution < 1.29 is 4.79 Å². The smallest absolute Gasteiger partial charge is 0.220 e. The molecule has 1 aromatic carbocycles. The highest BCUT2D eigenvalue weighted by atomic mass is 16.1. The maximum Gasteiger partial charge on any atom is 0.220 e. The number of hydrogen-bond acceptors (Lipinski definition) is 2. The van der Waals surface area contributed by atoms with Crippen LogP contribution in [0.1, 0.15) is 48.8 Å². The van der Waals surface area contributed by atoms with Gasteiger partial charge in [0.2, 0.25) is 5.91 Å². The van der Waals surface area contributed by atoms with Gasteiger partial charge in [0.15, 0.2) is 0 Å². The van der Waals surface area contributed by atoms with Crippen LogP contribution in [0.4, 0.5) is 0 Å². The number of benzene rings is 1. The Balaban J connectivity index is 2.22. The Bertz CT molecular complexity index is 402. The van der Waals surface area contributed by atoms with Crippen molar-refractivity contribution in [2.24, 2.45) is 5.73 Å². The Morgan fingerprint density at radius 2 is 1.89 bits per heavy atom. The summed E-state index contributed by atoms with van der Waals surface area (Å²) in [6, 6.07) is 6.32. The predicted octanol–water partition coefficient (Wildman–Crippen LogP) is 2.83. The summed E-state index contributed by atoms with van der Waals surface area (Å²) in [5.41, 5.74) is 9.12. The van der Waals surface area contributed by atoms with Crippen molar-refractivity contribution in [1.29, 1.82) is 0 Å². The second-order valence-corrected chi connectivity index (χ2v) is 5.16. The molecule has 0 atom stereocenters. The molecular weight excluding hydrogens is 236 g/mol. The van der Waals surface area contributed by atoms with Gasteiger partial charge in [-0.1, -0.05) is 36.6 Å². The van der Waals surface area contributed by atoms with E-state index in [0.717, 1.165) is 32.2 Å². The number of carbonyl (C=O) groups is 1. The lowest BCUT2D eigenvalue weighted by molar-refractivity contribution is -0.121. The lowest BCUT2D eigenvalue weighted by Gasteiger charge is -2.09. The van der Waals surface area contributed by atoms with Crippen LogP contribution in [0.3, 0.4) is 0 Å². The molecule has 0 saturated heterocycles. The van der Waals surface area contributed by atoms with Gasteiger partial charge in [0.25, 0.3) is 0 Å². The minimum absolute atomic E-state index is 0.146. The van der Waals surface area contributed by atoms with Crippen molar-refractivity contribution in [3.8, 4) is 0 Å². The zero-order chi connectivity index (χ0) is 14.1. The van der Waals surface area contributed by atoms with Crippen molar-refractivity contribution >= 4 is 5.91 Å². The van der Waals surface area contributed by atoms with E-state index in [0.29, 0.717) is 13.0 Å². The van der Waals surface area contributed by atoms with Crippen molar-refractivity contribution in [3.63, 3.8) is 0 Å². The van der Waals surface area contributed by atoms with E-state index in [-0.39, 0.29) is 5.91 Å². The summed E-state index contributed by atoms with van der Waals surface area (Å²) in [5, 5.41) is 2.99. The third-order valence-electron chi connectivity index (χ3n) is 3.33. The van der Waals surface area contributed by atoms with Crippen molar-refractivity contribution in [2.45, 2.75) is 52.5 Å². The van der Waals surface area contributed by atoms with Gasteiger partial charge in [-0.15, -0.1) is 0 Å². The molecule has 0 aliphatic carbocycles. The zero-order valence-corrected chi connectivity index (χ0v) is 12.2. The van der Waals surface area contributed by atoms with E-state index in [1.165, 1.54) is 16.7 Å².